The van der Waals surface area contributed by atoms with Crippen LogP contribution in [0.5, 0.6) is 5.75 Å². The highest BCUT2D eigenvalue weighted by Gasteiger charge is 2.07. The van der Waals surface area contributed by atoms with Crippen LogP contribution in [0.25, 0.3) is 6.08 Å². The van der Waals surface area contributed by atoms with Crippen LogP contribution in [0, 0.1) is 6.92 Å². The fraction of sp³-hybridized carbons (Fsp3) is 0.412. The lowest BCUT2D eigenvalue weighted by atomic mass is 10.1. The molecule has 0 spiro atoms. The third-order valence-electron chi connectivity index (χ3n) is 3.27. The van der Waals surface area contributed by atoms with Gasteiger partial charge in [-0.15, -0.1) is 0 Å². The summed E-state index contributed by atoms with van der Waals surface area (Å²) in [7, 11) is 4.66. The summed E-state index contributed by atoms with van der Waals surface area (Å²) in [5.74, 6) is 0.345. The number of amides is 1. The maximum Gasteiger partial charge on any atom is 0.305 e. The minimum absolute atomic E-state index is 0.117. The van der Waals surface area contributed by atoms with Crippen LogP contribution < -0.4 is 4.74 Å². The largest absolute Gasteiger partial charge is 0.496 e. The minimum Gasteiger partial charge on any atom is -0.496 e. The molecule has 0 saturated carbocycles. The molecular weight excluding hydrogens is 282 g/mol. The number of benzene rings is 1. The first-order valence-electron chi connectivity index (χ1n) is 7.12. The number of ether oxygens (including phenoxy) is 2. The van der Waals surface area contributed by atoms with Crippen LogP contribution in [0.2, 0.25) is 0 Å². The minimum atomic E-state index is -0.263. The van der Waals surface area contributed by atoms with Gasteiger partial charge in [0, 0.05) is 31.7 Å². The second kappa shape index (κ2) is 8.87. The number of hydrogen-bond acceptors (Lipinski definition) is 4. The molecule has 0 bridgehead atoms. The lowest BCUT2D eigenvalue weighted by Gasteiger charge is -2.14. The summed E-state index contributed by atoms with van der Waals surface area (Å²) in [4.78, 5) is 24.6. The maximum atomic E-state index is 12.0. The molecule has 0 aliphatic heterocycles. The Kier molecular flexibility index (Phi) is 7.16. The Balaban J connectivity index is 2.60. The van der Waals surface area contributed by atoms with Crippen molar-refractivity contribution in [3.63, 3.8) is 0 Å². The van der Waals surface area contributed by atoms with E-state index in [-0.39, 0.29) is 11.9 Å². The zero-order valence-corrected chi connectivity index (χ0v) is 13.6. The average molecular weight is 305 g/mol. The fourth-order valence-electron chi connectivity index (χ4n) is 1.95. The van der Waals surface area contributed by atoms with Crippen molar-refractivity contribution in [1.29, 1.82) is 0 Å². The topological polar surface area (TPSA) is 55.8 Å². The summed E-state index contributed by atoms with van der Waals surface area (Å²) < 4.78 is 9.83. The summed E-state index contributed by atoms with van der Waals surface area (Å²) in [6, 6.07) is 5.79. The molecule has 5 nitrogen and oxygen atoms in total. The Labute approximate surface area is 131 Å². The predicted octanol–water partition coefficient (Wildman–Crippen LogP) is 2.43. The van der Waals surface area contributed by atoms with E-state index in [0.29, 0.717) is 19.4 Å². The Hall–Kier alpha value is -2.30. The Bertz CT molecular complexity index is 552. The van der Waals surface area contributed by atoms with Gasteiger partial charge in [-0.25, -0.2) is 0 Å². The standard InChI is InChI=1S/C17H23NO4/c1-13-7-9-15(21-3)14(12-13)8-10-16(19)18(2)11-5-6-17(20)22-4/h7-10,12H,5-6,11H2,1-4H3/b10-8+. The van der Waals surface area contributed by atoms with Gasteiger partial charge in [0.1, 0.15) is 5.75 Å². The second-order valence-electron chi connectivity index (χ2n) is 5.02. The molecule has 120 valence electrons. The van der Waals surface area contributed by atoms with Crippen LogP contribution in [-0.2, 0) is 14.3 Å². The van der Waals surface area contributed by atoms with Gasteiger partial charge in [0.2, 0.25) is 5.91 Å². The molecule has 0 N–H and O–H groups in total. The number of methoxy groups -OCH3 is 2. The van der Waals surface area contributed by atoms with E-state index in [9.17, 15) is 9.59 Å². The van der Waals surface area contributed by atoms with E-state index in [1.807, 2.05) is 25.1 Å². The SMILES string of the molecule is COC(=O)CCCN(C)C(=O)/C=C/c1cc(C)ccc1OC. The van der Waals surface area contributed by atoms with Crippen molar-refractivity contribution in [2.24, 2.45) is 0 Å². The fourth-order valence-corrected chi connectivity index (χ4v) is 1.95. The molecule has 5 heteroatoms. The molecule has 1 amide bonds. The Morgan fingerprint density at radius 3 is 2.64 bits per heavy atom. The zero-order valence-electron chi connectivity index (χ0n) is 13.6. The molecule has 0 radical (unpaired) electrons. The maximum absolute atomic E-state index is 12.0. The molecule has 22 heavy (non-hydrogen) atoms. The molecule has 1 rings (SSSR count). The van der Waals surface area contributed by atoms with E-state index in [0.717, 1.165) is 16.9 Å². The van der Waals surface area contributed by atoms with E-state index >= 15 is 0 Å². The number of nitrogens with zero attached hydrogens (tertiary/aromatic N) is 1. The van der Waals surface area contributed by atoms with Crippen molar-refractivity contribution >= 4 is 18.0 Å². The number of esters is 1. The van der Waals surface area contributed by atoms with Gasteiger partial charge in [0.15, 0.2) is 0 Å². The second-order valence-corrected chi connectivity index (χ2v) is 5.02. The molecule has 0 heterocycles. The quantitative estimate of drug-likeness (QED) is 0.573. The number of likely N-dealkylation sites (N-methyl/N-ethyl adjacent to an activating group) is 1. The first kappa shape index (κ1) is 17.8. The molecular formula is C17H23NO4. The average Bonchev–Trinajstić information content (AvgIpc) is 2.52. The summed E-state index contributed by atoms with van der Waals surface area (Å²) in [6.07, 6.45) is 4.14. The molecule has 0 fully saturated rings. The van der Waals surface area contributed by atoms with Crippen LogP contribution in [0.4, 0.5) is 0 Å². The first-order chi connectivity index (χ1) is 10.5. The normalized spacial score (nSPS) is 10.5. The first-order valence-corrected chi connectivity index (χ1v) is 7.12. The molecule has 0 aliphatic rings. The van der Waals surface area contributed by atoms with Gasteiger partial charge in [0.05, 0.1) is 14.2 Å². The molecule has 0 aromatic heterocycles. The van der Waals surface area contributed by atoms with E-state index in [2.05, 4.69) is 4.74 Å². The van der Waals surface area contributed by atoms with Crippen LogP contribution in [0.15, 0.2) is 24.3 Å². The number of carbonyl (C=O) groups excluding carboxylic acids is 2. The summed E-state index contributed by atoms with van der Waals surface area (Å²) in [6.45, 7) is 2.49. The highest BCUT2D eigenvalue weighted by atomic mass is 16.5. The summed E-state index contributed by atoms with van der Waals surface area (Å²) in [5, 5.41) is 0. The van der Waals surface area contributed by atoms with Crippen LogP contribution >= 0.6 is 0 Å². The van der Waals surface area contributed by atoms with Crippen LogP contribution in [0.3, 0.4) is 0 Å². The van der Waals surface area contributed by atoms with Gasteiger partial charge < -0.3 is 14.4 Å². The van der Waals surface area contributed by atoms with Crippen molar-refractivity contribution in [2.75, 3.05) is 27.8 Å². The van der Waals surface area contributed by atoms with E-state index < -0.39 is 0 Å². The van der Waals surface area contributed by atoms with Gasteiger partial charge in [-0.2, -0.15) is 0 Å². The number of rotatable bonds is 7. The summed E-state index contributed by atoms with van der Waals surface area (Å²) >= 11 is 0. The molecule has 0 unspecified atom stereocenters. The molecule has 0 atom stereocenters. The number of aryl methyl sites for hydroxylation is 1. The lowest BCUT2D eigenvalue weighted by Crippen LogP contribution is -2.26. The van der Waals surface area contributed by atoms with E-state index in [1.54, 1.807) is 25.1 Å². The highest BCUT2D eigenvalue weighted by Crippen LogP contribution is 2.21. The van der Waals surface area contributed by atoms with Gasteiger partial charge >= 0.3 is 5.97 Å². The van der Waals surface area contributed by atoms with E-state index in [4.69, 9.17) is 4.74 Å². The molecule has 1 aromatic rings. The van der Waals surface area contributed by atoms with Gasteiger partial charge in [-0.05, 0) is 31.6 Å². The molecule has 0 saturated heterocycles. The predicted molar refractivity (Wildman–Crippen MR) is 85.7 cm³/mol. The smallest absolute Gasteiger partial charge is 0.305 e. The van der Waals surface area contributed by atoms with Crippen molar-refractivity contribution in [3.8, 4) is 5.75 Å². The molecule has 1 aromatic carbocycles. The van der Waals surface area contributed by atoms with Crippen molar-refractivity contribution in [1.82, 2.24) is 4.90 Å². The zero-order chi connectivity index (χ0) is 16.5. The Morgan fingerprint density at radius 2 is 2.00 bits per heavy atom. The third-order valence-corrected chi connectivity index (χ3v) is 3.27. The number of carbonyl (C=O) groups is 2. The monoisotopic (exact) mass is 305 g/mol. The lowest BCUT2D eigenvalue weighted by molar-refractivity contribution is -0.141. The van der Waals surface area contributed by atoms with Crippen LogP contribution in [0.1, 0.15) is 24.0 Å². The number of hydrogen-bond donors (Lipinski definition) is 0. The third kappa shape index (κ3) is 5.60. The van der Waals surface area contributed by atoms with Gasteiger partial charge in [-0.1, -0.05) is 11.6 Å². The van der Waals surface area contributed by atoms with Gasteiger partial charge in [0.25, 0.3) is 0 Å². The van der Waals surface area contributed by atoms with Crippen molar-refractivity contribution in [2.45, 2.75) is 19.8 Å². The van der Waals surface area contributed by atoms with Crippen LogP contribution in [-0.4, -0.2) is 44.6 Å². The van der Waals surface area contributed by atoms with Crippen molar-refractivity contribution in [3.05, 3.63) is 35.4 Å². The molecule has 0 aliphatic carbocycles. The van der Waals surface area contributed by atoms with Gasteiger partial charge in [-0.3, -0.25) is 9.59 Å². The Morgan fingerprint density at radius 1 is 1.27 bits per heavy atom. The van der Waals surface area contributed by atoms with E-state index in [1.165, 1.54) is 13.2 Å². The van der Waals surface area contributed by atoms with Crippen molar-refractivity contribution < 1.29 is 19.1 Å². The summed E-state index contributed by atoms with van der Waals surface area (Å²) in [5.41, 5.74) is 1.96. The highest BCUT2D eigenvalue weighted by molar-refractivity contribution is 5.92.